The maximum absolute atomic E-state index is 13.0. The predicted molar refractivity (Wildman–Crippen MR) is 118 cm³/mol. The highest BCUT2D eigenvalue weighted by Gasteiger charge is 2.24. The standard InChI is InChI=1S/C25H27N3O/c1-20-9-8-14-23(19-20)27-15-17-28(18-16-27)25(29)26-24(21-10-4-2-5-11-21)22-12-6-3-7-13-22/h2-14,19,24H,15-18H2,1H3,(H,26,29). The summed E-state index contributed by atoms with van der Waals surface area (Å²) in [7, 11) is 0. The molecule has 4 heteroatoms. The second-order valence-electron chi connectivity index (χ2n) is 7.52. The molecule has 1 aliphatic heterocycles. The van der Waals surface area contributed by atoms with E-state index in [4.69, 9.17) is 0 Å². The lowest BCUT2D eigenvalue weighted by atomic mass is 9.99. The summed E-state index contributed by atoms with van der Waals surface area (Å²) in [6, 6.07) is 28.7. The summed E-state index contributed by atoms with van der Waals surface area (Å²) in [6.07, 6.45) is 0. The van der Waals surface area contributed by atoms with Gasteiger partial charge in [-0.05, 0) is 35.7 Å². The van der Waals surface area contributed by atoms with E-state index >= 15 is 0 Å². The first-order chi connectivity index (χ1) is 14.2. The van der Waals surface area contributed by atoms with Crippen molar-refractivity contribution in [2.45, 2.75) is 13.0 Å². The number of hydrogen-bond donors (Lipinski definition) is 1. The predicted octanol–water partition coefficient (Wildman–Crippen LogP) is 4.62. The zero-order chi connectivity index (χ0) is 20.1. The van der Waals surface area contributed by atoms with Crippen molar-refractivity contribution in [1.29, 1.82) is 0 Å². The Labute approximate surface area is 172 Å². The molecule has 3 aromatic rings. The third-order valence-electron chi connectivity index (χ3n) is 5.47. The summed E-state index contributed by atoms with van der Waals surface area (Å²) in [5.41, 5.74) is 4.67. The van der Waals surface area contributed by atoms with Gasteiger partial charge >= 0.3 is 6.03 Å². The first kappa shape index (κ1) is 19.1. The summed E-state index contributed by atoms with van der Waals surface area (Å²) in [4.78, 5) is 17.3. The van der Waals surface area contributed by atoms with Gasteiger partial charge < -0.3 is 15.1 Å². The van der Waals surface area contributed by atoms with Crippen LogP contribution >= 0.6 is 0 Å². The number of hydrogen-bond acceptors (Lipinski definition) is 2. The molecule has 0 atom stereocenters. The highest BCUT2D eigenvalue weighted by Crippen LogP contribution is 2.23. The van der Waals surface area contributed by atoms with E-state index in [1.54, 1.807) is 0 Å². The van der Waals surface area contributed by atoms with Crippen LogP contribution in [-0.2, 0) is 0 Å². The minimum Gasteiger partial charge on any atom is -0.368 e. The van der Waals surface area contributed by atoms with Gasteiger partial charge in [-0.1, -0.05) is 72.8 Å². The Hall–Kier alpha value is -3.27. The zero-order valence-electron chi connectivity index (χ0n) is 16.8. The molecule has 1 N–H and O–H groups in total. The molecule has 0 saturated carbocycles. The lowest BCUT2D eigenvalue weighted by Crippen LogP contribution is -2.52. The number of nitrogens with zero attached hydrogens (tertiary/aromatic N) is 2. The average Bonchev–Trinajstić information content (AvgIpc) is 2.78. The van der Waals surface area contributed by atoms with E-state index in [2.05, 4.69) is 65.7 Å². The van der Waals surface area contributed by atoms with Gasteiger partial charge in [-0.15, -0.1) is 0 Å². The fourth-order valence-corrected chi connectivity index (χ4v) is 3.86. The number of nitrogens with one attached hydrogen (secondary N) is 1. The van der Waals surface area contributed by atoms with Crippen molar-refractivity contribution in [3.05, 3.63) is 102 Å². The van der Waals surface area contributed by atoms with Gasteiger partial charge in [0.2, 0.25) is 0 Å². The van der Waals surface area contributed by atoms with Gasteiger partial charge in [-0.2, -0.15) is 0 Å². The number of aryl methyl sites for hydroxylation is 1. The van der Waals surface area contributed by atoms with Crippen LogP contribution in [0.25, 0.3) is 0 Å². The van der Waals surface area contributed by atoms with E-state index < -0.39 is 0 Å². The SMILES string of the molecule is Cc1cccc(N2CCN(C(=O)NC(c3ccccc3)c3ccccc3)CC2)c1. The smallest absolute Gasteiger partial charge is 0.318 e. The van der Waals surface area contributed by atoms with Crippen molar-refractivity contribution in [2.75, 3.05) is 31.1 Å². The molecule has 3 aromatic carbocycles. The summed E-state index contributed by atoms with van der Waals surface area (Å²) in [6.45, 7) is 5.24. The van der Waals surface area contributed by atoms with E-state index in [1.165, 1.54) is 11.3 Å². The molecule has 1 saturated heterocycles. The Balaban J connectivity index is 1.44. The Morgan fingerprint density at radius 1 is 0.793 bits per heavy atom. The third kappa shape index (κ3) is 4.60. The number of carbonyl (C=O) groups is 1. The first-order valence-electron chi connectivity index (χ1n) is 10.2. The van der Waals surface area contributed by atoms with Crippen LogP contribution in [0.15, 0.2) is 84.9 Å². The highest BCUT2D eigenvalue weighted by atomic mass is 16.2. The summed E-state index contributed by atoms with van der Waals surface area (Å²) < 4.78 is 0. The van der Waals surface area contributed by atoms with Crippen LogP contribution in [0.3, 0.4) is 0 Å². The fourth-order valence-electron chi connectivity index (χ4n) is 3.86. The van der Waals surface area contributed by atoms with E-state index in [0.717, 1.165) is 37.3 Å². The van der Waals surface area contributed by atoms with E-state index in [0.29, 0.717) is 0 Å². The minimum absolute atomic E-state index is 0.00778. The molecule has 0 aromatic heterocycles. The van der Waals surface area contributed by atoms with Crippen molar-refractivity contribution in [1.82, 2.24) is 10.2 Å². The van der Waals surface area contributed by atoms with E-state index in [-0.39, 0.29) is 12.1 Å². The van der Waals surface area contributed by atoms with Gasteiger partial charge in [0.1, 0.15) is 0 Å². The van der Waals surface area contributed by atoms with E-state index in [1.807, 2.05) is 41.3 Å². The molecule has 4 nitrogen and oxygen atoms in total. The molecule has 0 spiro atoms. The molecule has 1 fully saturated rings. The molecule has 0 radical (unpaired) electrons. The molecule has 0 unspecified atom stereocenters. The van der Waals surface area contributed by atoms with Gasteiger partial charge in [0.15, 0.2) is 0 Å². The molecule has 1 aliphatic rings. The number of benzene rings is 3. The quantitative estimate of drug-likeness (QED) is 0.711. The van der Waals surface area contributed by atoms with Crippen LogP contribution in [0.5, 0.6) is 0 Å². The highest BCUT2D eigenvalue weighted by molar-refractivity contribution is 5.75. The summed E-state index contributed by atoms with van der Waals surface area (Å²) in [5.74, 6) is 0. The lowest BCUT2D eigenvalue weighted by Gasteiger charge is -2.37. The summed E-state index contributed by atoms with van der Waals surface area (Å²) >= 11 is 0. The van der Waals surface area contributed by atoms with Crippen LogP contribution in [-0.4, -0.2) is 37.1 Å². The zero-order valence-corrected chi connectivity index (χ0v) is 16.8. The second kappa shape index (κ2) is 8.82. The third-order valence-corrected chi connectivity index (χ3v) is 5.47. The van der Waals surface area contributed by atoms with Gasteiger partial charge in [0.25, 0.3) is 0 Å². The Kier molecular flexibility index (Phi) is 5.80. The Bertz CT molecular complexity index is 895. The molecular formula is C25H27N3O. The maximum atomic E-state index is 13.0. The molecule has 148 valence electrons. The topological polar surface area (TPSA) is 35.6 Å². The van der Waals surface area contributed by atoms with E-state index in [9.17, 15) is 4.79 Å². The van der Waals surface area contributed by atoms with Crippen molar-refractivity contribution >= 4 is 11.7 Å². The Morgan fingerprint density at radius 2 is 1.38 bits per heavy atom. The number of rotatable bonds is 4. The number of urea groups is 1. The minimum atomic E-state index is -0.153. The molecule has 4 rings (SSSR count). The molecule has 1 heterocycles. The average molecular weight is 386 g/mol. The molecule has 0 bridgehead atoms. The van der Waals surface area contributed by atoms with Crippen LogP contribution < -0.4 is 10.2 Å². The summed E-state index contributed by atoms with van der Waals surface area (Å²) in [5, 5.41) is 3.25. The number of amides is 2. The first-order valence-corrected chi connectivity index (χ1v) is 10.2. The monoisotopic (exact) mass is 385 g/mol. The van der Waals surface area contributed by atoms with Crippen molar-refractivity contribution < 1.29 is 4.79 Å². The van der Waals surface area contributed by atoms with Crippen molar-refractivity contribution in [3.8, 4) is 0 Å². The van der Waals surface area contributed by atoms with Crippen molar-refractivity contribution in [3.63, 3.8) is 0 Å². The van der Waals surface area contributed by atoms with Gasteiger partial charge in [-0.25, -0.2) is 4.79 Å². The number of anilines is 1. The molecular weight excluding hydrogens is 358 g/mol. The number of piperazine rings is 1. The van der Waals surface area contributed by atoms with Gasteiger partial charge in [0, 0.05) is 31.9 Å². The van der Waals surface area contributed by atoms with Crippen LogP contribution in [0.1, 0.15) is 22.7 Å². The molecule has 2 amide bonds. The lowest BCUT2D eigenvalue weighted by molar-refractivity contribution is 0.192. The second-order valence-corrected chi connectivity index (χ2v) is 7.52. The van der Waals surface area contributed by atoms with Gasteiger partial charge in [-0.3, -0.25) is 0 Å². The van der Waals surface area contributed by atoms with Crippen LogP contribution in [0.4, 0.5) is 10.5 Å². The molecule has 29 heavy (non-hydrogen) atoms. The fraction of sp³-hybridized carbons (Fsp3) is 0.240. The normalized spacial score (nSPS) is 14.1. The van der Waals surface area contributed by atoms with Crippen molar-refractivity contribution in [2.24, 2.45) is 0 Å². The Morgan fingerprint density at radius 3 is 1.93 bits per heavy atom. The largest absolute Gasteiger partial charge is 0.368 e. The van der Waals surface area contributed by atoms with Crippen LogP contribution in [0.2, 0.25) is 0 Å². The van der Waals surface area contributed by atoms with Crippen LogP contribution in [0, 0.1) is 6.92 Å². The van der Waals surface area contributed by atoms with Gasteiger partial charge in [0.05, 0.1) is 6.04 Å². The molecule has 0 aliphatic carbocycles. The maximum Gasteiger partial charge on any atom is 0.318 e. The number of carbonyl (C=O) groups excluding carboxylic acids is 1.